The number of hydrogen-bond donors (Lipinski definition) is 1. The fourth-order valence-electron chi connectivity index (χ4n) is 2.89. The fraction of sp³-hybridized carbons (Fsp3) is 0.667. The molecule has 0 radical (unpaired) electrons. The summed E-state index contributed by atoms with van der Waals surface area (Å²) in [5.41, 5.74) is 1.03. The number of likely N-dealkylation sites (tertiary alicyclic amines) is 1. The van der Waals surface area contributed by atoms with Crippen molar-refractivity contribution in [3.63, 3.8) is 0 Å². The second-order valence-electron chi connectivity index (χ2n) is 7.35. The van der Waals surface area contributed by atoms with Crippen LogP contribution in [0.2, 0.25) is 0 Å². The van der Waals surface area contributed by atoms with Crippen LogP contribution in [0.5, 0.6) is 0 Å². The molecule has 1 fully saturated rings. The molecule has 1 amide bonds. The number of carbonyl (C=O) groups is 1. The summed E-state index contributed by atoms with van der Waals surface area (Å²) in [6.07, 6.45) is 3.25. The van der Waals surface area contributed by atoms with Crippen molar-refractivity contribution in [1.82, 2.24) is 20.0 Å². The number of thiazole rings is 1. The topological polar surface area (TPSA) is 84.2 Å². The summed E-state index contributed by atoms with van der Waals surface area (Å²) in [4.78, 5) is 23.4. The van der Waals surface area contributed by atoms with Gasteiger partial charge in [-0.3, -0.25) is 9.69 Å². The number of anilines is 1. The molecule has 26 heavy (non-hydrogen) atoms. The Bertz CT molecular complexity index is 719. The van der Waals surface area contributed by atoms with Crippen molar-refractivity contribution >= 4 is 22.4 Å². The minimum absolute atomic E-state index is 0.0815. The van der Waals surface area contributed by atoms with E-state index in [9.17, 15) is 4.79 Å². The van der Waals surface area contributed by atoms with Crippen molar-refractivity contribution in [2.75, 3.05) is 18.4 Å². The second kappa shape index (κ2) is 8.73. The van der Waals surface area contributed by atoms with Gasteiger partial charge >= 0.3 is 0 Å². The Morgan fingerprint density at radius 1 is 1.38 bits per heavy atom. The van der Waals surface area contributed by atoms with Gasteiger partial charge < -0.3 is 9.84 Å². The third kappa shape index (κ3) is 5.35. The van der Waals surface area contributed by atoms with Crippen LogP contribution in [0.15, 0.2) is 9.90 Å². The van der Waals surface area contributed by atoms with Crippen molar-refractivity contribution in [3.05, 3.63) is 22.8 Å². The first-order chi connectivity index (χ1) is 12.5. The first-order valence-electron chi connectivity index (χ1n) is 9.28. The summed E-state index contributed by atoms with van der Waals surface area (Å²) in [6.45, 7) is 9.44. The van der Waals surface area contributed by atoms with Gasteiger partial charge in [-0.1, -0.05) is 25.9 Å². The molecule has 1 aliphatic heterocycles. The van der Waals surface area contributed by atoms with E-state index in [-0.39, 0.29) is 11.8 Å². The summed E-state index contributed by atoms with van der Waals surface area (Å²) < 4.78 is 5.16. The fourth-order valence-corrected chi connectivity index (χ4v) is 3.61. The molecule has 2 aromatic heterocycles. The Kier molecular flexibility index (Phi) is 6.37. The Morgan fingerprint density at radius 2 is 2.15 bits per heavy atom. The molecule has 8 heteroatoms. The molecular weight excluding hydrogens is 350 g/mol. The number of rotatable bonds is 7. The Hall–Kier alpha value is -1.80. The summed E-state index contributed by atoms with van der Waals surface area (Å²) in [5.74, 6) is 2.15. The third-order valence-corrected chi connectivity index (χ3v) is 5.43. The van der Waals surface area contributed by atoms with Crippen LogP contribution in [-0.2, 0) is 17.8 Å². The van der Waals surface area contributed by atoms with E-state index in [1.807, 2.05) is 19.2 Å². The average Bonchev–Trinajstić information content (AvgIpc) is 3.25. The molecule has 1 saturated heterocycles. The lowest BCUT2D eigenvalue weighted by atomic mass is 9.99. The lowest BCUT2D eigenvalue weighted by Gasteiger charge is -2.29. The zero-order chi connectivity index (χ0) is 18.5. The highest BCUT2D eigenvalue weighted by Gasteiger charge is 2.17. The van der Waals surface area contributed by atoms with Crippen molar-refractivity contribution < 1.29 is 9.32 Å². The molecule has 3 heterocycles. The zero-order valence-corrected chi connectivity index (χ0v) is 16.5. The van der Waals surface area contributed by atoms with Crippen LogP contribution in [0, 0.1) is 5.92 Å². The zero-order valence-electron chi connectivity index (χ0n) is 15.7. The van der Waals surface area contributed by atoms with Gasteiger partial charge in [-0.15, -0.1) is 11.3 Å². The summed E-state index contributed by atoms with van der Waals surface area (Å²) >= 11 is 1.48. The number of carbonyl (C=O) groups excluding carboxylic acids is 1. The van der Waals surface area contributed by atoms with Crippen LogP contribution in [0.25, 0.3) is 0 Å². The number of nitrogens with one attached hydrogen (secondary N) is 1. The van der Waals surface area contributed by atoms with Crippen LogP contribution < -0.4 is 5.32 Å². The molecule has 0 aromatic carbocycles. The van der Waals surface area contributed by atoms with Gasteiger partial charge in [0.05, 0.1) is 5.69 Å². The molecule has 0 bridgehead atoms. The largest absolute Gasteiger partial charge is 0.339 e. The molecule has 0 saturated carbocycles. The van der Waals surface area contributed by atoms with Crippen molar-refractivity contribution in [1.29, 1.82) is 0 Å². The van der Waals surface area contributed by atoms with Crippen LogP contribution >= 0.6 is 11.3 Å². The summed E-state index contributed by atoms with van der Waals surface area (Å²) in [7, 11) is 0. The molecule has 7 nitrogen and oxygen atoms in total. The van der Waals surface area contributed by atoms with Gasteiger partial charge in [0.2, 0.25) is 11.8 Å². The molecular formula is C18H27N5O2S. The predicted octanol–water partition coefficient (Wildman–Crippen LogP) is 3.45. The Morgan fingerprint density at radius 3 is 2.85 bits per heavy atom. The third-order valence-electron chi connectivity index (χ3n) is 4.63. The highest BCUT2D eigenvalue weighted by Crippen LogP contribution is 2.21. The molecule has 142 valence electrons. The van der Waals surface area contributed by atoms with Crippen LogP contribution in [0.4, 0.5) is 5.13 Å². The summed E-state index contributed by atoms with van der Waals surface area (Å²) in [5, 5.41) is 9.46. The highest BCUT2D eigenvalue weighted by molar-refractivity contribution is 7.13. The summed E-state index contributed by atoms with van der Waals surface area (Å²) in [6, 6.07) is 0. The van der Waals surface area contributed by atoms with Crippen LogP contribution in [0.1, 0.15) is 63.4 Å². The number of amides is 1. The Labute approximate surface area is 158 Å². The van der Waals surface area contributed by atoms with Gasteiger partial charge in [0, 0.05) is 30.7 Å². The monoisotopic (exact) mass is 377 g/mol. The lowest BCUT2D eigenvalue weighted by molar-refractivity contribution is -0.116. The maximum absolute atomic E-state index is 12.1. The Balaban J connectivity index is 1.43. The molecule has 0 spiro atoms. The molecule has 0 aliphatic carbocycles. The normalized spacial score (nSPS) is 16.3. The van der Waals surface area contributed by atoms with Gasteiger partial charge in [0.15, 0.2) is 11.0 Å². The van der Waals surface area contributed by atoms with Crippen LogP contribution in [0.3, 0.4) is 0 Å². The number of nitrogens with zero attached hydrogens (tertiary/aromatic N) is 4. The van der Waals surface area contributed by atoms with E-state index in [1.165, 1.54) is 24.2 Å². The van der Waals surface area contributed by atoms with Gasteiger partial charge in [-0.2, -0.15) is 4.98 Å². The molecule has 2 aromatic rings. The maximum Gasteiger partial charge on any atom is 0.227 e. The second-order valence-corrected chi connectivity index (χ2v) is 8.21. The minimum Gasteiger partial charge on any atom is -0.339 e. The van der Waals surface area contributed by atoms with E-state index in [0.29, 0.717) is 29.7 Å². The molecule has 0 atom stereocenters. The number of hydrogen-bond acceptors (Lipinski definition) is 7. The van der Waals surface area contributed by atoms with Gasteiger partial charge in [-0.25, -0.2) is 4.98 Å². The van der Waals surface area contributed by atoms with Gasteiger partial charge in [-0.05, 0) is 31.8 Å². The molecule has 3 rings (SSSR count). The van der Waals surface area contributed by atoms with Crippen molar-refractivity contribution in [2.24, 2.45) is 5.92 Å². The van der Waals surface area contributed by atoms with E-state index >= 15 is 0 Å². The van der Waals surface area contributed by atoms with Gasteiger partial charge in [0.1, 0.15) is 0 Å². The molecule has 1 aliphatic rings. The first-order valence-corrected chi connectivity index (χ1v) is 10.2. The quantitative estimate of drug-likeness (QED) is 0.795. The van der Waals surface area contributed by atoms with Crippen molar-refractivity contribution in [3.8, 4) is 0 Å². The SMILES string of the molecule is CC1CCN(Cc2csc(NC(=O)CCc3nc(C(C)C)no3)n2)CC1. The van der Waals surface area contributed by atoms with E-state index in [2.05, 4.69) is 32.3 Å². The molecule has 1 N–H and O–H groups in total. The predicted molar refractivity (Wildman–Crippen MR) is 101 cm³/mol. The smallest absolute Gasteiger partial charge is 0.227 e. The van der Waals surface area contributed by atoms with E-state index in [1.54, 1.807) is 0 Å². The first kappa shape index (κ1) is 19.0. The number of aryl methyl sites for hydroxylation is 1. The van der Waals surface area contributed by atoms with Crippen molar-refractivity contribution in [2.45, 2.75) is 58.9 Å². The average molecular weight is 378 g/mol. The standard InChI is InChI=1S/C18H27N5O2S/c1-12(2)17-21-16(25-22-17)5-4-15(24)20-18-19-14(11-26-18)10-23-8-6-13(3)7-9-23/h11-13H,4-10H2,1-3H3,(H,19,20,24). The van der Waals surface area contributed by atoms with Gasteiger partial charge in [0.25, 0.3) is 0 Å². The number of piperidine rings is 1. The minimum atomic E-state index is -0.0815. The lowest BCUT2D eigenvalue weighted by Crippen LogP contribution is -2.32. The maximum atomic E-state index is 12.1. The highest BCUT2D eigenvalue weighted by atomic mass is 32.1. The van der Waals surface area contributed by atoms with Crippen LogP contribution in [-0.4, -0.2) is 39.0 Å². The molecule has 0 unspecified atom stereocenters. The number of aromatic nitrogens is 3. The van der Waals surface area contributed by atoms with E-state index in [4.69, 9.17) is 4.52 Å². The van der Waals surface area contributed by atoms with E-state index in [0.717, 1.165) is 31.2 Å². The van der Waals surface area contributed by atoms with E-state index < -0.39 is 0 Å².